The van der Waals surface area contributed by atoms with Crippen molar-refractivity contribution >= 4 is 39.7 Å². The van der Waals surface area contributed by atoms with E-state index in [-0.39, 0.29) is 18.4 Å². The fraction of sp³-hybridized carbons (Fsp3) is 0.211. The zero-order valence-electron chi connectivity index (χ0n) is 14.1. The molecule has 1 aromatic carbocycles. The highest BCUT2D eigenvalue weighted by atomic mass is 32.1. The average molecular weight is 353 g/mol. The Morgan fingerprint density at radius 1 is 1.20 bits per heavy atom. The van der Waals surface area contributed by atoms with Crippen LogP contribution in [0.5, 0.6) is 0 Å². The lowest BCUT2D eigenvalue weighted by molar-refractivity contribution is -0.115. The van der Waals surface area contributed by atoms with E-state index in [4.69, 9.17) is 0 Å². The molecule has 0 atom stereocenters. The van der Waals surface area contributed by atoms with E-state index < -0.39 is 0 Å². The molecule has 0 aliphatic heterocycles. The summed E-state index contributed by atoms with van der Waals surface area (Å²) in [5.74, 6) is -0.490. The summed E-state index contributed by atoms with van der Waals surface area (Å²) in [6, 6.07) is 11.1. The molecule has 0 saturated heterocycles. The maximum absolute atomic E-state index is 12.2. The quantitative estimate of drug-likeness (QED) is 0.737. The third-order valence-corrected chi connectivity index (χ3v) is 5.27. The lowest BCUT2D eigenvalue weighted by Crippen LogP contribution is -2.32. The van der Waals surface area contributed by atoms with Gasteiger partial charge in [0.05, 0.1) is 22.6 Å². The first kappa shape index (κ1) is 17.1. The molecule has 2 N–H and O–H groups in total. The predicted molar refractivity (Wildman–Crippen MR) is 101 cm³/mol. The number of aryl methyl sites for hydroxylation is 2. The zero-order chi connectivity index (χ0) is 17.8. The summed E-state index contributed by atoms with van der Waals surface area (Å²) in [6.45, 7) is 3.98. The average Bonchev–Trinajstić information content (AvgIpc) is 3.01. The van der Waals surface area contributed by atoms with Gasteiger partial charge >= 0.3 is 0 Å². The summed E-state index contributed by atoms with van der Waals surface area (Å²) >= 11 is 1.47. The minimum Gasteiger partial charge on any atom is -0.342 e. The van der Waals surface area contributed by atoms with Crippen molar-refractivity contribution in [3.8, 4) is 0 Å². The lowest BCUT2D eigenvalue weighted by atomic mass is 10.2. The Balaban J connectivity index is 1.63. The van der Waals surface area contributed by atoms with Crippen molar-refractivity contribution < 1.29 is 9.59 Å². The molecule has 0 aliphatic rings. The number of carbonyl (C=O) groups excluding carboxylic acids is 2. The molecule has 5 nitrogen and oxygen atoms in total. The molecule has 25 heavy (non-hydrogen) atoms. The van der Waals surface area contributed by atoms with Gasteiger partial charge in [-0.3, -0.25) is 14.6 Å². The minimum atomic E-state index is -0.270. The number of benzene rings is 1. The molecule has 0 aliphatic carbocycles. The highest BCUT2D eigenvalue weighted by Crippen LogP contribution is 2.22. The Labute approximate surface area is 150 Å². The van der Waals surface area contributed by atoms with Crippen LogP contribution in [0.15, 0.2) is 42.6 Å². The van der Waals surface area contributed by atoms with E-state index >= 15 is 0 Å². The first-order valence-corrected chi connectivity index (χ1v) is 8.91. The summed E-state index contributed by atoms with van der Waals surface area (Å²) in [7, 11) is 0. The van der Waals surface area contributed by atoms with Crippen molar-refractivity contribution in [2.24, 2.45) is 0 Å². The number of fused-ring (bicyclic) bond motifs is 1. The molecule has 0 bridgehead atoms. The van der Waals surface area contributed by atoms with Gasteiger partial charge in [0.25, 0.3) is 5.91 Å². The van der Waals surface area contributed by atoms with E-state index in [1.54, 1.807) is 6.20 Å². The second-order valence-electron chi connectivity index (χ2n) is 5.68. The van der Waals surface area contributed by atoms with Gasteiger partial charge in [-0.2, -0.15) is 0 Å². The van der Waals surface area contributed by atoms with Gasteiger partial charge in [0, 0.05) is 16.5 Å². The summed E-state index contributed by atoms with van der Waals surface area (Å²) in [4.78, 5) is 30.5. The van der Waals surface area contributed by atoms with Crippen LogP contribution >= 0.6 is 11.3 Å². The Kier molecular flexibility index (Phi) is 5.09. The van der Waals surface area contributed by atoms with E-state index in [0.717, 1.165) is 22.9 Å². The van der Waals surface area contributed by atoms with Crippen LogP contribution in [0.3, 0.4) is 0 Å². The van der Waals surface area contributed by atoms with Crippen LogP contribution in [0.1, 0.15) is 27.0 Å². The first-order chi connectivity index (χ1) is 12.1. The molecular weight excluding hydrogens is 334 g/mol. The van der Waals surface area contributed by atoms with E-state index in [0.29, 0.717) is 10.6 Å². The Morgan fingerprint density at radius 2 is 2.04 bits per heavy atom. The minimum absolute atomic E-state index is 0.0755. The smallest absolute Gasteiger partial charge is 0.261 e. The number of nitrogens with one attached hydrogen (secondary N) is 2. The van der Waals surface area contributed by atoms with Gasteiger partial charge in [0.1, 0.15) is 0 Å². The van der Waals surface area contributed by atoms with E-state index in [9.17, 15) is 9.59 Å². The van der Waals surface area contributed by atoms with Gasteiger partial charge in [-0.25, -0.2) is 0 Å². The molecule has 2 amide bonds. The number of carbonyl (C=O) groups is 2. The van der Waals surface area contributed by atoms with Crippen LogP contribution < -0.4 is 10.6 Å². The second-order valence-corrected chi connectivity index (χ2v) is 6.81. The number of hydrogen-bond acceptors (Lipinski definition) is 4. The summed E-state index contributed by atoms with van der Waals surface area (Å²) in [5, 5.41) is 6.37. The highest BCUT2D eigenvalue weighted by Gasteiger charge is 2.13. The molecule has 2 aromatic heterocycles. The maximum atomic E-state index is 12.2. The van der Waals surface area contributed by atoms with E-state index in [1.807, 2.05) is 43.3 Å². The van der Waals surface area contributed by atoms with Crippen molar-refractivity contribution in [2.75, 3.05) is 11.9 Å². The number of hydrogen-bond donors (Lipinski definition) is 2. The molecule has 0 unspecified atom stereocenters. The fourth-order valence-electron chi connectivity index (χ4n) is 2.64. The summed E-state index contributed by atoms with van der Waals surface area (Å²) in [5.41, 5.74) is 2.61. The first-order valence-electron chi connectivity index (χ1n) is 8.09. The number of amides is 2. The second kappa shape index (κ2) is 7.44. The topological polar surface area (TPSA) is 71.1 Å². The molecule has 3 rings (SSSR count). The van der Waals surface area contributed by atoms with Crippen LogP contribution in [0.25, 0.3) is 10.9 Å². The van der Waals surface area contributed by atoms with Gasteiger partial charge in [-0.05, 0) is 49.2 Å². The maximum Gasteiger partial charge on any atom is 0.261 e. The van der Waals surface area contributed by atoms with Crippen molar-refractivity contribution in [1.82, 2.24) is 10.3 Å². The van der Waals surface area contributed by atoms with Crippen LogP contribution in [0, 0.1) is 6.92 Å². The van der Waals surface area contributed by atoms with Crippen molar-refractivity contribution in [2.45, 2.75) is 20.3 Å². The van der Waals surface area contributed by atoms with Crippen molar-refractivity contribution in [3.05, 3.63) is 57.9 Å². The summed E-state index contributed by atoms with van der Waals surface area (Å²) < 4.78 is 0. The highest BCUT2D eigenvalue weighted by molar-refractivity contribution is 7.14. The van der Waals surface area contributed by atoms with Crippen LogP contribution in [0.4, 0.5) is 5.69 Å². The molecule has 6 heteroatoms. The number of nitrogens with zero attached hydrogens (tertiary/aromatic N) is 1. The Morgan fingerprint density at radius 3 is 2.80 bits per heavy atom. The van der Waals surface area contributed by atoms with Crippen LogP contribution in [0.2, 0.25) is 0 Å². The Bertz CT molecular complexity index is 928. The number of pyridine rings is 1. The largest absolute Gasteiger partial charge is 0.342 e. The van der Waals surface area contributed by atoms with Gasteiger partial charge in [0.15, 0.2) is 0 Å². The zero-order valence-corrected chi connectivity index (χ0v) is 14.9. The number of rotatable bonds is 5. The summed E-state index contributed by atoms with van der Waals surface area (Å²) in [6.07, 6.45) is 2.61. The third-order valence-electron chi connectivity index (χ3n) is 3.89. The van der Waals surface area contributed by atoms with Crippen LogP contribution in [-0.4, -0.2) is 23.3 Å². The van der Waals surface area contributed by atoms with Gasteiger partial charge in [-0.1, -0.05) is 13.0 Å². The lowest BCUT2D eigenvalue weighted by Gasteiger charge is -2.08. The van der Waals surface area contributed by atoms with Crippen molar-refractivity contribution in [1.29, 1.82) is 0 Å². The monoisotopic (exact) mass is 353 g/mol. The SMILES string of the molecule is CCc1sc(C(=O)NCC(=O)Nc2cccc3ncccc23)cc1C. The van der Waals surface area contributed by atoms with Gasteiger partial charge in [-0.15, -0.1) is 11.3 Å². The molecule has 0 saturated carbocycles. The molecule has 0 radical (unpaired) electrons. The standard InChI is InChI=1S/C19H19N3O2S/c1-3-16-12(2)10-17(25-16)19(24)21-11-18(23)22-15-8-4-7-14-13(15)6-5-9-20-14/h4-10H,3,11H2,1-2H3,(H,21,24)(H,22,23). The fourth-order valence-corrected chi connectivity index (χ4v) is 3.67. The number of anilines is 1. The molecular formula is C19H19N3O2S. The molecule has 3 aromatic rings. The van der Waals surface area contributed by atoms with Gasteiger partial charge < -0.3 is 10.6 Å². The van der Waals surface area contributed by atoms with Gasteiger partial charge in [0.2, 0.25) is 5.91 Å². The molecule has 2 heterocycles. The molecule has 0 fully saturated rings. The molecule has 0 spiro atoms. The van der Waals surface area contributed by atoms with Crippen LogP contribution in [-0.2, 0) is 11.2 Å². The predicted octanol–water partition coefficient (Wildman–Crippen LogP) is 3.54. The van der Waals surface area contributed by atoms with Crippen molar-refractivity contribution in [3.63, 3.8) is 0 Å². The van der Waals surface area contributed by atoms with E-state index in [1.165, 1.54) is 16.2 Å². The number of aromatic nitrogens is 1. The third kappa shape index (κ3) is 3.85. The molecule has 128 valence electrons. The van der Waals surface area contributed by atoms with E-state index in [2.05, 4.69) is 22.5 Å². The Hall–Kier alpha value is -2.73. The number of thiophene rings is 1. The normalized spacial score (nSPS) is 10.6.